The molecular weight excluding hydrogens is 260 g/mol. The molecule has 1 saturated heterocycles. The first-order valence-electron chi connectivity index (χ1n) is 8.07. The van der Waals surface area contributed by atoms with E-state index in [4.69, 9.17) is 5.73 Å². The first-order valence-corrected chi connectivity index (χ1v) is 8.07. The van der Waals surface area contributed by atoms with Crippen LogP contribution in [0.5, 0.6) is 0 Å². The highest BCUT2D eigenvalue weighted by atomic mass is 15.3. The van der Waals surface area contributed by atoms with Gasteiger partial charge in [-0.2, -0.15) is 0 Å². The Bertz CT molecular complexity index is 411. The second kappa shape index (κ2) is 8.37. The van der Waals surface area contributed by atoms with Crippen molar-refractivity contribution in [2.24, 2.45) is 0 Å². The number of anilines is 1. The van der Waals surface area contributed by atoms with Gasteiger partial charge >= 0.3 is 0 Å². The number of likely N-dealkylation sites (N-methyl/N-ethyl adjacent to an activating group) is 1. The minimum absolute atomic E-state index is 0.877. The van der Waals surface area contributed by atoms with Crippen molar-refractivity contribution in [3.63, 3.8) is 0 Å². The molecule has 2 rings (SSSR count). The van der Waals surface area contributed by atoms with Crippen LogP contribution in [0.15, 0.2) is 24.3 Å². The Labute approximate surface area is 129 Å². The summed E-state index contributed by atoms with van der Waals surface area (Å²) in [4.78, 5) is 7.44. The van der Waals surface area contributed by atoms with Crippen molar-refractivity contribution in [3.8, 4) is 0 Å². The van der Waals surface area contributed by atoms with E-state index in [0.29, 0.717) is 0 Å². The van der Waals surface area contributed by atoms with Crippen molar-refractivity contribution >= 4 is 5.69 Å². The van der Waals surface area contributed by atoms with Gasteiger partial charge in [0.15, 0.2) is 0 Å². The molecule has 0 aliphatic carbocycles. The molecule has 1 fully saturated rings. The molecule has 1 aliphatic rings. The fourth-order valence-corrected chi connectivity index (χ4v) is 2.83. The Kier molecular flexibility index (Phi) is 6.49. The number of hydrogen-bond donors (Lipinski definition) is 1. The molecule has 0 radical (unpaired) electrons. The molecule has 4 nitrogen and oxygen atoms in total. The maximum Gasteiger partial charge on any atom is 0.0316 e. The van der Waals surface area contributed by atoms with E-state index >= 15 is 0 Å². The predicted molar refractivity (Wildman–Crippen MR) is 90.6 cm³/mol. The summed E-state index contributed by atoms with van der Waals surface area (Å²) in [7, 11) is 4.29. The smallest absolute Gasteiger partial charge is 0.0316 e. The molecule has 1 aromatic rings. The largest absolute Gasteiger partial charge is 0.399 e. The summed E-state index contributed by atoms with van der Waals surface area (Å²) in [5.41, 5.74) is 8.06. The Morgan fingerprint density at radius 1 is 1.05 bits per heavy atom. The van der Waals surface area contributed by atoms with Crippen molar-refractivity contribution in [3.05, 3.63) is 29.8 Å². The maximum atomic E-state index is 5.82. The number of hydrogen-bond acceptors (Lipinski definition) is 4. The van der Waals surface area contributed by atoms with Crippen molar-refractivity contribution in [1.29, 1.82) is 0 Å². The van der Waals surface area contributed by atoms with E-state index in [1.54, 1.807) is 0 Å². The van der Waals surface area contributed by atoms with Crippen molar-refractivity contribution in [1.82, 2.24) is 14.7 Å². The molecule has 0 bridgehead atoms. The van der Waals surface area contributed by atoms with Gasteiger partial charge in [0.1, 0.15) is 0 Å². The van der Waals surface area contributed by atoms with E-state index in [1.807, 2.05) is 12.1 Å². The topological polar surface area (TPSA) is 35.7 Å². The summed E-state index contributed by atoms with van der Waals surface area (Å²) >= 11 is 0. The minimum atomic E-state index is 0.877. The fourth-order valence-electron chi connectivity index (χ4n) is 2.83. The van der Waals surface area contributed by atoms with Crippen molar-refractivity contribution < 1.29 is 0 Å². The lowest BCUT2D eigenvalue weighted by Gasteiger charge is -2.35. The Hall–Kier alpha value is -1.10. The normalized spacial score (nSPS) is 17.5. The van der Waals surface area contributed by atoms with Crippen LogP contribution >= 0.6 is 0 Å². The molecule has 0 atom stereocenters. The molecule has 0 aromatic heterocycles. The fraction of sp³-hybridized carbons (Fsp3) is 0.647. The quantitative estimate of drug-likeness (QED) is 0.770. The van der Waals surface area contributed by atoms with E-state index < -0.39 is 0 Å². The van der Waals surface area contributed by atoms with Crippen LogP contribution in [0.2, 0.25) is 0 Å². The third-order valence-corrected chi connectivity index (χ3v) is 4.22. The molecule has 0 saturated carbocycles. The molecule has 0 unspecified atom stereocenters. The molecule has 1 aromatic carbocycles. The van der Waals surface area contributed by atoms with Gasteiger partial charge < -0.3 is 15.5 Å². The van der Waals surface area contributed by atoms with Crippen LogP contribution in [0.1, 0.15) is 12.0 Å². The molecule has 21 heavy (non-hydrogen) atoms. The first kappa shape index (κ1) is 16.3. The molecular formula is C17H30N4. The summed E-state index contributed by atoms with van der Waals surface area (Å²) in [5.74, 6) is 0. The van der Waals surface area contributed by atoms with E-state index in [0.717, 1.165) is 18.7 Å². The number of piperazine rings is 1. The summed E-state index contributed by atoms with van der Waals surface area (Å²) < 4.78 is 0. The number of nitrogen functional groups attached to an aromatic ring is 1. The number of nitrogens with zero attached hydrogens (tertiary/aromatic N) is 3. The molecule has 1 heterocycles. The monoisotopic (exact) mass is 290 g/mol. The van der Waals surface area contributed by atoms with Gasteiger partial charge in [0, 0.05) is 45.0 Å². The van der Waals surface area contributed by atoms with Crippen LogP contribution < -0.4 is 5.73 Å². The van der Waals surface area contributed by atoms with E-state index in [-0.39, 0.29) is 0 Å². The van der Waals surface area contributed by atoms with Gasteiger partial charge in [0.05, 0.1) is 0 Å². The van der Waals surface area contributed by atoms with Gasteiger partial charge in [0.2, 0.25) is 0 Å². The predicted octanol–water partition coefficient (Wildman–Crippen LogP) is 1.38. The van der Waals surface area contributed by atoms with E-state index in [1.165, 1.54) is 51.3 Å². The minimum Gasteiger partial charge on any atom is -0.399 e. The molecule has 2 N–H and O–H groups in total. The van der Waals surface area contributed by atoms with Gasteiger partial charge in [-0.15, -0.1) is 0 Å². The lowest BCUT2D eigenvalue weighted by molar-refractivity contribution is 0.124. The summed E-state index contributed by atoms with van der Waals surface area (Å²) in [6, 6.07) is 8.28. The molecule has 4 heteroatoms. The van der Waals surface area contributed by atoms with Gasteiger partial charge in [-0.3, -0.25) is 4.90 Å². The van der Waals surface area contributed by atoms with E-state index in [2.05, 4.69) is 40.9 Å². The maximum absolute atomic E-state index is 5.82. The van der Waals surface area contributed by atoms with Crippen LogP contribution in [0.25, 0.3) is 0 Å². The molecule has 118 valence electrons. The van der Waals surface area contributed by atoms with Gasteiger partial charge in [-0.05, 0) is 51.2 Å². The summed E-state index contributed by atoms with van der Waals surface area (Å²) in [6.07, 6.45) is 2.35. The summed E-state index contributed by atoms with van der Waals surface area (Å²) in [5, 5.41) is 0. The van der Waals surface area contributed by atoms with Crippen molar-refractivity contribution in [2.45, 2.75) is 12.8 Å². The lowest BCUT2D eigenvalue weighted by atomic mass is 10.1. The van der Waals surface area contributed by atoms with Gasteiger partial charge in [-0.1, -0.05) is 12.1 Å². The van der Waals surface area contributed by atoms with Crippen LogP contribution in [0.3, 0.4) is 0 Å². The zero-order valence-corrected chi connectivity index (χ0v) is 13.6. The number of rotatable bonds is 7. The van der Waals surface area contributed by atoms with Crippen LogP contribution in [-0.4, -0.2) is 74.6 Å². The summed E-state index contributed by atoms with van der Waals surface area (Å²) in [6.45, 7) is 8.42. The first-order chi connectivity index (χ1) is 10.1. The molecule has 0 amide bonds. The van der Waals surface area contributed by atoms with Gasteiger partial charge in [-0.25, -0.2) is 0 Å². The Balaban J connectivity index is 1.60. The SMILES string of the molecule is CN(C)CCN1CCN(CCCc2cccc(N)c2)CC1. The number of aryl methyl sites for hydroxylation is 1. The Morgan fingerprint density at radius 3 is 2.33 bits per heavy atom. The van der Waals surface area contributed by atoms with E-state index in [9.17, 15) is 0 Å². The number of benzene rings is 1. The highest BCUT2D eigenvalue weighted by Gasteiger charge is 2.15. The molecule has 0 spiro atoms. The second-order valence-corrected chi connectivity index (χ2v) is 6.34. The average Bonchev–Trinajstić information content (AvgIpc) is 2.46. The second-order valence-electron chi connectivity index (χ2n) is 6.34. The third kappa shape index (κ3) is 6.04. The van der Waals surface area contributed by atoms with Crippen LogP contribution in [0.4, 0.5) is 5.69 Å². The van der Waals surface area contributed by atoms with Crippen LogP contribution in [-0.2, 0) is 6.42 Å². The number of nitrogens with two attached hydrogens (primary N) is 1. The average molecular weight is 290 g/mol. The third-order valence-electron chi connectivity index (χ3n) is 4.22. The Morgan fingerprint density at radius 2 is 1.71 bits per heavy atom. The standard InChI is InChI=1S/C17H30N4/c1-19(2)9-10-21-13-11-20(12-14-21)8-4-6-16-5-3-7-17(18)15-16/h3,5,7,15H,4,6,8-14,18H2,1-2H3. The lowest BCUT2D eigenvalue weighted by Crippen LogP contribution is -2.48. The molecule has 1 aliphatic heterocycles. The van der Waals surface area contributed by atoms with Crippen LogP contribution in [0, 0.1) is 0 Å². The van der Waals surface area contributed by atoms with Gasteiger partial charge in [0.25, 0.3) is 0 Å². The highest BCUT2D eigenvalue weighted by molar-refractivity contribution is 5.40. The highest BCUT2D eigenvalue weighted by Crippen LogP contribution is 2.10. The zero-order valence-electron chi connectivity index (χ0n) is 13.6. The van der Waals surface area contributed by atoms with Crippen molar-refractivity contribution in [2.75, 3.05) is 65.6 Å². The zero-order chi connectivity index (χ0) is 15.1.